The van der Waals surface area contributed by atoms with E-state index in [9.17, 15) is 5.11 Å². The maximum absolute atomic E-state index is 10.8. The Bertz CT molecular complexity index is 788. The normalized spacial score (nSPS) is 16.7. The molecule has 5 nitrogen and oxygen atoms in total. The van der Waals surface area contributed by atoms with Crippen molar-refractivity contribution < 1.29 is 5.11 Å². The summed E-state index contributed by atoms with van der Waals surface area (Å²) >= 11 is 0. The van der Waals surface area contributed by atoms with Crippen LogP contribution in [0.25, 0.3) is 0 Å². The second-order valence-corrected chi connectivity index (χ2v) is 7.91. The minimum absolute atomic E-state index is 0.315. The lowest BCUT2D eigenvalue weighted by molar-refractivity contribution is 0.0672. The van der Waals surface area contributed by atoms with Crippen LogP contribution in [0.3, 0.4) is 0 Å². The Morgan fingerprint density at radius 3 is 2.55 bits per heavy atom. The molecule has 0 fully saturated rings. The van der Waals surface area contributed by atoms with Gasteiger partial charge in [0.15, 0.2) is 5.96 Å². The van der Waals surface area contributed by atoms with Gasteiger partial charge in [-0.2, -0.15) is 0 Å². The monoisotopic (exact) mass is 394 g/mol. The van der Waals surface area contributed by atoms with Crippen molar-refractivity contribution in [1.82, 2.24) is 15.5 Å². The summed E-state index contributed by atoms with van der Waals surface area (Å²) in [5, 5.41) is 17.4. The van der Waals surface area contributed by atoms with Gasteiger partial charge in [0.2, 0.25) is 0 Å². The quantitative estimate of drug-likeness (QED) is 0.366. The van der Waals surface area contributed by atoms with Crippen molar-refractivity contribution in [2.75, 3.05) is 32.7 Å². The first kappa shape index (κ1) is 21.3. The standard InChI is InChI=1S/C24H34N4O/c1-3-25-23(27-19-24(2,29)22-12-5-4-6-13-22)26-15-9-16-28-17-14-20-10-7-8-11-21(20)18-28/h4-8,10-13,29H,3,9,14-19H2,1-2H3,(H2,25,26,27). The summed E-state index contributed by atoms with van der Waals surface area (Å²) in [6.45, 7) is 9.08. The minimum Gasteiger partial charge on any atom is -0.384 e. The first-order chi connectivity index (χ1) is 14.1. The Morgan fingerprint density at radius 2 is 1.79 bits per heavy atom. The molecule has 0 spiro atoms. The van der Waals surface area contributed by atoms with E-state index in [0.717, 1.165) is 57.1 Å². The van der Waals surface area contributed by atoms with E-state index in [4.69, 9.17) is 0 Å². The van der Waals surface area contributed by atoms with Crippen molar-refractivity contribution in [3.05, 3.63) is 71.3 Å². The number of nitrogens with one attached hydrogen (secondary N) is 2. The van der Waals surface area contributed by atoms with Gasteiger partial charge < -0.3 is 15.7 Å². The van der Waals surface area contributed by atoms with E-state index < -0.39 is 5.60 Å². The summed E-state index contributed by atoms with van der Waals surface area (Å²) in [5.41, 5.74) is 2.86. The Labute approximate surface area is 174 Å². The zero-order valence-corrected chi connectivity index (χ0v) is 17.7. The lowest BCUT2D eigenvalue weighted by Gasteiger charge is -2.28. The predicted molar refractivity (Wildman–Crippen MR) is 120 cm³/mol. The topological polar surface area (TPSA) is 59.9 Å². The highest BCUT2D eigenvalue weighted by molar-refractivity contribution is 5.79. The molecule has 3 N–H and O–H groups in total. The molecule has 1 heterocycles. The number of guanidine groups is 1. The van der Waals surface area contributed by atoms with E-state index in [2.05, 4.69) is 51.7 Å². The van der Waals surface area contributed by atoms with Gasteiger partial charge in [0.05, 0.1) is 6.54 Å². The van der Waals surface area contributed by atoms with Crippen LogP contribution >= 0.6 is 0 Å². The zero-order valence-electron chi connectivity index (χ0n) is 17.7. The largest absolute Gasteiger partial charge is 0.384 e. The van der Waals surface area contributed by atoms with E-state index in [1.807, 2.05) is 37.3 Å². The lowest BCUT2D eigenvalue weighted by atomic mass is 9.96. The molecule has 0 amide bonds. The fraction of sp³-hybridized carbons (Fsp3) is 0.458. The van der Waals surface area contributed by atoms with Crippen LogP contribution in [0.4, 0.5) is 0 Å². The Kier molecular flexibility index (Phi) is 7.67. The maximum atomic E-state index is 10.8. The Hall–Kier alpha value is -2.37. The SMILES string of the molecule is CCNC(=NCC(C)(O)c1ccccc1)NCCCN1CCc2ccccc2C1. The molecule has 1 unspecified atom stereocenters. The maximum Gasteiger partial charge on any atom is 0.191 e. The highest BCUT2D eigenvalue weighted by atomic mass is 16.3. The molecule has 0 bridgehead atoms. The van der Waals surface area contributed by atoms with E-state index in [1.165, 1.54) is 11.1 Å². The van der Waals surface area contributed by atoms with Gasteiger partial charge in [-0.05, 0) is 43.4 Å². The summed E-state index contributed by atoms with van der Waals surface area (Å²) in [6.07, 6.45) is 2.20. The molecule has 0 radical (unpaired) electrons. The fourth-order valence-electron chi connectivity index (χ4n) is 3.72. The van der Waals surface area contributed by atoms with E-state index in [-0.39, 0.29) is 0 Å². The summed E-state index contributed by atoms with van der Waals surface area (Å²) in [6, 6.07) is 18.5. The van der Waals surface area contributed by atoms with Gasteiger partial charge in [0, 0.05) is 32.7 Å². The van der Waals surface area contributed by atoms with Crippen LogP contribution in [0.1, 0.15) is 37.0 Å². The molecular weight excluding hydrogens is 360 g/mol. The molecule has 3 rings (SSSR count). The van der Waals surface area contributed by atoms with E-state index >= 15 is 0 Å². The predicted octanol–water partition coefficient (Wildman–Crippen LogP) is 2.90. The van der Waals surface area contributed by atoms with Gasteiger partial charge in [-0.15, -0.1) is 0 Å². The molecule has 0 aliphatic carbocycles. The van der Waals surface area contributed by atoms with Crippen LogP contribution in [-0.2, 0) is 18.6 Å². The number of nitrogens with zero attached hydrogens (tertiary/aromatic N) is 2. The first-order valence-corrected chi connectivity index (χ1v) is 10.7. The summed E-state index contributed by atoms with van der Waals surface area (Å²) < 4.78 is 0. The number of benzene rings is 2. The first-order valence-electron chi connectivity index (χ1n) is 10.7. The van der Waals surface area contributed by atoms with Crippen molar-refractivity contribution in [2.24, 2.45) is 4.99 Å². The third-order valence-electron chi connectivity index (χ3n) is 5.44. The van der Waals surface area contributed by atoms with Crippen LogP contribution in [0.15, 0.2) is 59.6 Å². The van der Waals surface area contributed by atoms with Crippen molar-refractivity contribution in [2.45, 2.75) is 38.8 Å². The van der Waals surface area contributed by atoms with Crippen molar-refractivity contribution in [1.29, 1.82) is 0 Å². The van der Waals surface area contributed by atoms with Gasteiger partial charge in [-0.3, -0.25) is 4.90 Å². The smallest absolute Gasteiger partial charge is 0.191 e. The molecule has 1 atom stereocenters. The average Bonchev–Trinajstić information content (AvgIpc) is 2.75. The zero-order chi connectivity index (χ0) is 20.5. The van der Waals surface area contributed by atoms with Gasteiger partial charge in [-0.1, -0.05) is 54.6 Å². The third-order valence-corrected chi connectivity index (χ3v) is 5.44. The van der Waals surface area contributed by atoms with Crippen LogP contribution < -0.4 is 10.6 Å². The minimum atomic E-state index is -0.981. The third kappa shape index (κ3) is 6.31. The van der Waals surface area contributed by atoms with Crippen LogP contribution in [0, 0.1) is 0 Å². The molecule has 2 aromatic carbocycles. The van der Waals surface area contributed by atoms with Crippen molar-refractivity contribution in [3.8, 4) is 0 Å². The average molecular weight is 395 g/mol. The molecule has 5 heteroatoms. The Morgan fingerprint density at radius 1 is 1.07 bits per heavy atom. The van der Waals surface area contributed by atoms with E-state index in [0.29, 0.717) is 6.54 Å². The van der Waals surface area contributed by atoms with Gasteiger partial charge >= 0.3 is 0 Å². The molecule has 2 aromatic rings. The molecular formula is C24H34N4O. The number of hydrogen-bond donors (Lipinski definition) is 3. The van der Waals surface area contributed by atoms with Gasteiger partial charge in [0.1, 0.15) is 5.60 Å². The van der Waals surface area contributed by atoms with Gasteiger partial charge in [0.25, 0.3) is 0 Å². The van der Waals surface area contributed by atoms with Crippen LogP contribution in [0.5, 0.6) is 0 Å². The molecule has 0 aromatic heterocycles. The molecule has 0 saturated carbocycles. The van der Waals surface area contributed by atoms with E-state index in [1.54, 1.807) is 0 Å². The lowest BCUT2D eigenvalue weighted by Crippen LogP contribution is -2.40. The van der Waals surface area contributed by atoms with Crippen LogP contribution in [-0.4, -0.2) is 48.7 Å². The second-order valence-electron chi connectivity index (χ2n) is 7.91. The molecule has 1 aliphatic rings. The Balaban J connectivity index is 1.45. The molecule has 29 heavy (non-hydrogen) atoms. The fourth-order valence-corrected chi connectivity index (χ4v) is 3.72. The molecule has 1 aliphatic heterocycles. The second kappa shape index (κ2) is 10.4. The van der Waals surface area contributed by atoms with Crippen molar-refractivity contribution in [3.63, 3.8) is 0 Å². The highest BCUT2D eigenvalue weighted by Crippen LogP contribution is 2.20. The summed E-state index contributed by atoms with van der Waals surface area (Å²) in [5.74, 6) is 0.757. The van der Waals surface area contributed by atoms with Gasteiger partial charge in [-0.25, -0.2) is 4.99 Å². The number of aliphatic imine (C=N–C) groups is 1. The molecule has 156 valence electrons. The number of aliphatic hydroxyl groups is 1. The number of hydrogen-bond acceptors (Lipinski definition) is 3. The molecule has 0 saturated heterocycles. The highest BCUT2D eigenvalue weighted by Gasteiger charge is 2.22. The number of rotatable bonds is 8. The van der Waals surface area contributed by atoms with Crippen LogP contribution in [0.2, 0.25) is 0 Å². The summed E-state index contributed by atoms with van der Waals surface area (Å²) in [7, 11) is 0. The van der Waals surface area contributed by atoms with Crippen molar-refractivity contribution >= 4 is 5.96 Å². The summed E-state index contributed by atoms with van der Waals surface area (Å²) in [4.78, 5) is 7.13. The number of fused-ring (bicyclic) bond motifs is 1.